The van der Waals surface area contributed by atoms with Gasteiger partial charge in [-0.2, -0.15) is 0 Å². The molecular formula is C9H13NO. The number of phenols is 1. The first kappa shape index (κ1) is 7.92. The zero-order valence-electron chi connectivity index (χ0n) is 7.10. The van der Waals surface area contributed by atoms with Gasteiger partial charge in [0, 0.05) is 18.3 Å². The van der Waals surface area contributed by atoms with E-state index in [-0.39, 0.29) is 0 Å². The van der Waals surface area contributed by atoms with Crippen LogP contribution in [0.2, 0.25) is 0 Å². The Labute approximate surface area is 66.9 Å². The summed E-state index contributed by atoms with van der Waals surface area (Å²) in [6.45, 7) is 3.79. The van der Waals surface area contributed by atoms with E-state index in [2.05, 4.69) is 5.32 Å². The summed E-state index contributed by atoms with van der Waals surface area (Å²) in [6.07, 6.45) is 0. The van der Waals surface area contributed by atoms with Crippen molar-refractivity contribution in [1.29, 1.82) is 0 Å². The quantitative estimate of drug-likeness (QED) is 0.643. The molecule has 0 radical (unpaired) electrons. The molecule has 0 bridgehead atoms. The minimum absolute atomic E-state index is 0.386. The van der Waals surface area contributed by atoms with Crippen LogP contribution in [-0.2, 0) is 0 Å². The summed E-state index contributed by atoms with van der Waals surface area (Å²) in [4.78, 5) is 0. The Bertz CT molecular complexity index is 269. The van der Waals surface area contributed by atoms with Crippen LogP contribution in [0, 0.1) is 13.8 Å². The smallest absolute Gasteiger partial charge is 0.123 e. The maximum Gasteiger partial charge on any atom is 0.123 e. The van der Waals surface area contributed by atoms with Crippen LogP contribution in [0.15, 0.2) is 12.1 Å². The second-order valence-electron chi connectivity index (χ2n) is 2.65. The van der Waals surface area contributed by atoms with Gasteiger partial charge in [0.15, 0.2) is 0 Å². The number of hydrogen-bond acceptors (Lipinski definition) is 2. The summed E-state index contributed by atoms with van der Waals surface area (Å²) in [6, 6.07) is 3.86. The highest BCUT2D eigenvalue weighted by atomic mass is 16.3. The van der Waals surface area contributed by atoms with E-state index >= 15 is 0 Å². The van der Waals surface area contributed by atoms with E-state index in [9.17, 15) is 5.11 Å². The molecule has 0 saturated heterocycles. The fourth-order valence-corrected chi connectivity index (χ4v) is 1.11. The highest BCUT2D eigenvalue weighted by molar-refractivity contribution is 5.58. The molecule has 0 aliphatic heterocycles. The Morgan fingerprint density at radius 2 is 1.91 bits per heavy atom. The minimum Gasteiger partial charge on any atom is -0.507 e. The van der Waals surface area contributed by atoms with Crippen LogP contribution in [0.3, 0.4) is 0 Å². The molecule has 1 rings (SSSR count). The van der Waals surface area contributed by atoms with Gasteiger partial charge >= 0.3 is 0 Å². The van der Waals surface area contributed by atoms with Crippen molar-refractivity contribution < 1.29 is 5.11 Å². The zero-order valence-corrected chi connectivity index (χ0v) is 7.10. The fraction of sp³-hybridized carbons (Fsp3) is 0.333. The summed E-state index contributed by atoms with van der Waals surface area (Å²) in [5, 5.41) is 12.5. The maximum absolute atomic E-state index is 9.48. The van der Waals surface area contributed by atoms with Gasteiger partial charge in [-0.15, -0.1) is 0 Å². The Morgan fingerprint density at radius 1 is 1.27 bits per heavy atom. The molecule has 60 valence electrons. The zero-order chi connectivity index (χ0) is 8.43. The first-order valence-corrected chi connectivity index (χ1v) is 3.63. The van der Waals surface area contributed by atoms with E-state index in [1.54, 1.807) is 0 Å². The van der Waals surface area contributed by atoms with Crippen LogP contribution < -0.4 is 5.32 Å². The van der Waals surface area contributed by atoms with E-state index in [4.69, 9.17) is 0 Å². The molecule has 1 aromatic carbocycles. The second-order valence-corrected chi connectivity index (χ2v) is 2.65. The molecule has 11 heavy (non-hydrogen) atoms. The number of benzene rings is 1. The number of aromatic hydroxyl groups is 1. The molecule has 0 aliphatic rings. The Morgan fingerprint density at radius 3 is 2.45 bits per heavy atom. The molecule has 1 aromatic rings. The first-order chi connectivity index (χ1) is 5.16. The van der Waals surface area contributed by atoms with Gasteiger partial charge in [-0.1, -0.05) is 6.07 Å². The van der Waals surface area contributed by atoms with Crippen LogP contribution in [-0.4, -0.2) is 12.2 Å². The molecular weight excluding hydrogens is 138 g/mol. The molecule has 0 fully saturated rings. The Balaban J connectivity index is 3.25. The van der Waals surface area contributed by atoms with E-state index in [1.165, 1.54) is 0 Å². The molecule has 0 spiro atoms. The molecule has 2 nitrogen and oxygen atoms in total. The Hall–Kier alpha value is -1.18. The number of nitrogens with one attached hydrogen (secondary N) is 1. The van der Waals surface area contributed by atoms with E-state index in [0.29, 0.717) is 5.75 Å². The highest BCUT2D eigenvalue weighted by Gasteiger charge is 2.03. The number of aryl methyl sites for hydroxylation is 1. The molecule has 0 saturated carbocycles. The second kappa shape index (κ2) is 2.82. The van der Waals surface area contributed by atoms with Crippen molar-refractivity contribution in [3.8, 4) is 5.75 Å². The van der Waals surface area contributed by atoms with Gasteiger partial charge in [0.05, 0.1) is 0 Å². The van der Waals surface area contributed by atoms with Gasteiger partial charge in [-0.25, -0.2) is 0 Å². The Kier molecular flexibility index (Phi) is 2.03. The van der Waals surface area contributed by atoms with Crippen molar-refractivity contribution in [2.75, 3.05) is 12.4 Å². The van der Waals surface area contributed by atoms with Gasteiger partial charge in [0.25, 0.3) is 0 Å². The summed E-state index contributed by atoms with van der Waals surface area (Å²) in [5.74, 6) is 0.386. The lowest BCUT2D eigenvalue weighted by atomic mass is 10.1. The lowest BCUT2D eigenvalue weighted by molar-refractivity contribution is 0.467. The van der Waals surface area contributed by atoms with Crippen LogP contribution >= 0.6 is 0 Å². The first-order valence-electron chi connectivity index (χ1n) is 3.63. The third-order valence-corrected chi connectivity index (χ3v) is 1.90. The van der Waals surface area contributed by atoms with Crippen molar-refractivity contribution in [1.82, 2.24) is 0 Å². The van der Waals surface area contributed by atoms with Crippen LogP contribution in [0.25, 0.3) is 0 Å². The monoisotopic (exact) mass is 151 g/mol. The molecule has 0 aliphatic carbocycles. The largest absolute Gasteiger partial charge is 0.507 e. The third-order valence-electron chi connectivity index (χ3n) is 1.90. The molecule has 2 heteroatoms. The number of hydrogen-bond donors (Lipinski definition) is 2. The van der Waals surface area contributed by atoms with Gasteiger partial charge in [0.2, 0.25) is 0 Å². The van der Waals surface area contributed by atoms with Crippen molar-refractivity contribution in [2.24, 2.45) is 0 Å². The molecule has 2 N–H and O–H groups in total. The van der Waals surface area contributed by atoms with Gasteiger partial charge in [0.1, 0.15) is 5.75 Å². The maximum atomic E-state index is 9.48. The summed E-state index contributed by atoms with van der Waals surface area (Å²) in [5.41, 5.74) is 2.81. The molecule has 0 aromatic heterocycles. The summed E-state index contributed by atoms with van der Waals surface area (Å²) < 4.78 is 0. The van der Waals surface area contributed by atoms with Crippen molar-refractivity contribution >= 4 is 5.69 Å². The molecule has 0 heterocycles. The number of rotatable bonds is 1. The minimum atomic E-state index is 0.386. The molecule has 0 amide bonds. The normalized spacial score (nSPS) is 9.73. The predicted octanol–water partition coefficient (Wildman–Crippen LogP) is 2.05. The highest BCUT2D eigenvalue weighted by Crippen LogP contribution is 2.27. The lowest BCUT2D eigenvalue weighted by Gasteiger charge is -2.08. The molecule has 0 unspecified atom stereocenters. The summed E-state index contributed by atoms with van der Waals surface area (Å²) in [7, 11) is 1.84. The third kappa shape index (κ3) is 1.29. The predicted molar refractivity (Wildman–Crippen MR) is 47.1 cm³/mol. The van der Waals surface area contributed by atoms with Gasteiger partial charge in [-0.05, 0) is 25.5 Å². The van der Waals surface area contributed by atoms with E-state index in [0.717, 1.165) is 16.8 Å². The van der Waals surface area contributed by atoms with Crippen molar-refractivity contribution in [3.05, 3.63) is 23.3 Å². The number of anilines is 1. The van der Waals surface area contributed by atoms with Crippen LogP contribution in [0.5, 0.6) is 5.75 Å². The van der Waals surface area contributed by atoms with Crippen molar-refractivity contribution in [2.45, 2.75) is 13.8 Å². The standard InChI is InChI=1S/C9H13NO/c1-6-4-5-8(10-3)7(2)9(6)11/h4-5,10-11H,1-3H3. The average Bonchev–Trinajstić information content (AvgIpc) is 2.01. The number of phenolic OH excluding ortho intramolecular Hbond substituents is 1. The van der Waals surface area contributed by atoms with Crippen molar-refractivity contribution in [3.63, 3.8) is 0 Å². The van der Waals surface area contributed by atoms with E-state index in [1.807, 2.05) is 33.0 Å². The molecule has 0 atom stereocenters. The lowest BCUT2D eigenvalue weighted by Crippen LogP contribution is -1.92. The SMILES string of the molecule is CNc1ccc(C)c(O)c1C. The fourth-order valence-electron chi connectivity index (χ4n) is 1.11. The topological polar surface area (TPSA) is 32.3 Å². The van der Waals surface area contributed by atoms with E-state index < -0.39 is 0 Å². The van der Waals surface area contributed by atoms with Gasteiger partial charge < -0.3 is 10.4 Å². The summed E-state index contributed by atoms with van der Waals surface area (Å²) >= 11 is 0. The van der Waals surface area contributed by atoms with Gasteiger partial charge in [-0.3, -0.25) is 0 Å². The average molecular weight is 151 g/mol. The van der Waals surface area contributed by atoms with Crippen LogP contribution in [0.4, 0.5) is 5.69 Å². The van der Waals surface area contributed by atoms with Crippen LogP contribution in [0.1, 0.15) is 11.1 Å².